The Morgan fingerprint density at radius 1 is 0.690 bits per heavy atom. The van der Waals surface area contributed by atoms with E-state index in [1.807, 2.05) is 92.5 Å². The molecule has 2 aliphatic rings. The molecular formula is C50H50N6O2. The summed E-state index contributed by atoms with van der Waals surface area (Å²) in [7, 11) is 0. The first-order chi connectivity index (χ1) is 28.3. The summed E-state index contributed by atoms with van der Waals surface area (Å²) in [5.41, 5.74) is 11.3. The molecule has 1 N–H and O–H groups in total. The van der Waals surface area contributed by atoms with Crippen molar-refractivity contribution in [3.63, 3.8) is 0 Å². The highest BCUT2D eigenvalue weighted by Crippen LogP contribution is 2.51. The lowest BCUT2D eigenvalue weighted by molar-refractivity contribution is -0.00517. The van der Waals surface area contributed by atoms with E-state index < -0.39 is 23.4 Å². The van der Waals surface area contributed by atoms with Crippen LogP contribution in [0.1, 0.15) is 80.1 Å². The van der Waals surface area contributed by atoms with E-state index in [1.165, 1.54) is 16.3 Å². The van der Waals surface area contributed by atoms with Gasteiger partial charge in [-0.2, -0.15) is 0 Å². The van der Waals surface area contributed by atoms with Crippen LogP contribution in [0.2, 0.25) is 0 Å². The Labute approximate surface area is 342 Å². The molecule has 1 amide bonds. The number of hydrazine groups is 1. The predicted octanol–water partition coefficient (Wildman–Crippen LogP) is 11.9. The van der Waals surface area contributed by atoms with Gasteiger partial charge >= 0.3 is 6.09 Å². The average molecular weight is 767 g/mol. The Balaban J connectivity index is 1.21. The molecule has 0 aliphatic carbocycles. The molecule has 8 heteroatoms. The van der Waals surface area contributed by atoms with Crippen molar-refractivity contribution in [2.24, 2.45) is 10.4 Å². The summed E-state index contributed by atoms with van der Waals surface area (Å²) < 4.78 is 6.03. The normalized spacial score (nSPS) is 16.4. The monoisotopic (exact) mass is 766 g/mol. The Morgan fingerprint density at radius 3 is 1.86 bits per heavy atom. The summed E-state index contributed by atoms with van der Waals surface area (Å²) in [6.45, 7) is 8.49. The van der Waals surface area contributed by atoms with Crippen molar-refractivity contribution < 1.29 is 9.53 Å². The molecule has 0 radical (unpaired) electrons. The van der Waals surface area contributed by atoms with E-state index in [1.54, 1.807) is 0 Å². The highest BCUT2D eigenvalue weighted by Gasteiger charge is 2.52. The number of ether oxygens (including phenoxy) is 1. The van der Waals surface area contributed by atoms with Crippen molar-refractivity contribution in [1.29, 1.82) is 0 Å². The number of nitrogens with zero attached hydrogens (tertiary/aromatic N) is 5. The van der Waals surface area contributed by atoms with Gasteiger partial charge in [-0.25, -0.2) is 15.2 Å². The lowest BCUT2D eigenvalue weighted by Gasteiger charge is -2.45. The van der Waals surface area contributed by atoms with Crippen LogP contribution >= 0.6 is 0 Å². The first kappa shape index (κ1) is 38.4. The van der Waals surface area contributed by atoms with Gasteiger partial charge in [-0.05, 0) is 82.6 Å². The number of para-hydroxylation sites is 1. The van der Waals surface area contributed by atoms with Crippen molar-refractivity contribution in [3.05, 3.63) is 203 Å². The number of nitrogens with one attached hydrogen (secondary N) is 1. The molecule has 8 nitrogen and oxygen atoms in total. The van der Waals surface area contributed by atoms with Crippen LogP contribution in [-0.4, -0.2) is 27.8 Å². The number of benzene rings is 6. The smallest absolute Gasteiger partial charge is 0.434 e. The fourth-order valence-electron chi connectivity index (χ4n) is 8.20. The number of rotatable bonds is 11. The second-order valence-electron chi connectivity index (χ2n) is 15.8. The summed E-state index contributed by atoms with van der Waals surface area (Å²) >= 11 is 0. The summed E-state index contributed by atoms with van der Waals surface area (Å²) in [6, 6.07) is 56.7. The van der Waals surface area contributed by atoms with Crippen LogP contribution < -0.4 is 10.4 Å². The van der Waals surface area contributed by atoms with Crippen LogP contribution in [-0.2, 0) is 16.8 Å². The van der Waals surface area contributed by atoms with Gasteiger partial charge in [0, 0.05) is 12.1 Å². The predicted molar refractivity (Wildman–Crippen MR) is 232 cm³/mol. The summed E-state index contributed by atoms with van der Waals surface area (Å²) in [5.74, 6) is 0. The van der Waals surface area contributed by atoms with Crippen LogP contribution in [0.5, 0.6) is 0 Å². The molecule has 2 atom stereocenters. The van der Waals surface area contributed by atoms with Crippen molar-refractivity contribution >= 4 is 17.9 Å². The molecule has 58 heavy (non-hydrogen) atoms. The maximum Gasteiger partial charge on any atom is 0.434 e. The van der Waals surface area contributed by atoms with Gasteiger partial charge in [0.15, 0.2) is 6.17 Å². The Kier molecular flexibility index (Phi) is 10.9. The maximum absolute atomic E-state index is 14.3. The zero-order valence-electron chi connectivity index (χ0n) is 33.6. The molecule has 0 spiro atoms. The van der Waals surface area contributed by atoms with Gasteiger partial charge < -0.3 is 9.75 Å². The van der Waals surface area contributed by atoms with Gasteiger partial charge in [-0.1, -0.05) is 183 Å². The van der Waals surface area contributed by atoms with Crippen molar-refractivity contribution in [1.82, 2.24) is 15.4 Å². The summed E-state index contributed by atoms with van der Waals surface area (Å²) in [5, 5.41) is 15.3. The number of hydrogen-bond donors (Lipinski definition) is 1. The number of hydrogen-bond acceptors (Lipinski definition) is 7. The Morgan fingerprint density at radius 2 is 1.26 bits per heavy atom. The third kappa shape index (κ3) is 7.51. The molecule has 6 aromatic carbocycles. The third-order valence-corrected chi connectivity index (χ3v) is 10.8. The number of anilines is 1. The number of fused-ring (bicyclic) bond motifs is 1. The van der Waals surface area contributed by atoms with E-state index in [4.69, 9.17) is 9.96 Å². The van der Waals surface area contributed by atoms with Crippen LogP contribution in [0.3, 0.4) is 0 Å². The van der Waals surface area contributed by atoms with Crippen molar-refractivity contribution in [2.45, 2.75) is 70.4 Å². The standard InChI is InChI=1S/C50H50N6O2/c1-5-19-43-35-34-39-20-15-18-29-46(39)54(43)51-36-37-30-32-38(33-31-37)44-27-16-17-28-45(44)47-55(48(57)58-49(2,3)4)52-53-56(47)50(40-21-9-6-10-22-40,41-23-11-7-12-24-41)42-25-13-8-14-26-42/h6-18,20-35,43,47,51H,5,19,36H2,1-4H3. The lowest BCUT2D eigenvalue weighted by Crippen LogP contribution is -2.49. The van der Waals surface area contributed by atoms with Gasteiger partial charge in [-0.15, -0.1) is 5.01 Å². The largest absolute Gasteiger partial charge is 0.442 e. The molecule has 2 heterocycles. The second kappa shape index (κ2) is 16.5. The fourth-order valence-corrected chi connectivity index (χ4v) is 8.20. The summed E-state index contributed by atoms with van der Waals surface area (Å²) in [6.07, 6.45) is 5.31. The van der Waals surface area contributed by atoms with Gasteiger partial charge in [0.1, 0.15) is 11.1 Å². The zero-order chi connectivity index (χ0) is 40.1. The highest BCUT2D eigenvalue weighted by molar-refractivity contribution is 5.73. The molecule has 6 aromatic rings. The third-order valence-electron chi connectivity index (χ3n) is 10.8. The second-order valence-corrected chi connectivity index (χ2v) is 15.8. The Hall–Kier alpha value is -6.51. The molecule has 0 saturated heterocycles. The van der Waals surface area contributed by atoms with Crippen LogP contribution in [0.15, 0.2) is 180 Å². The summed E-state index contributed by atoms with van der Waals surface area (Å²) in [4.78, 5) is 14.3. The lowest BCUT2D eigenvalue weighted by atomic mass is 9.75. The quantitative estimate of drug-likeness (QED) is 0.133. The van der Waals surface area contributed by atoms with Crippen LogP contribution in [0, 0.1) is 0 Å². The highest BCUT2D eigenvalue weighted by atomic mass is 16.6. The van der Waals surface area contributed by atoms with E-state index >= 15 is 0 Å². The SMILES string of the molecule is CCCC1C=Cc2ccccc2N1NCc1ccc(-c2ccccc2C2N(C(=O)OC(C)(C)C)N=NN2C(c2ccccc2)(c2ccccc2)c2ccccc2)cc1. The minimum absolute atomic E-state index is 0.277. The number of carbonyl (C=O) groups is 1. The molecule has 0 aromatic heterocycles. The first-order valence-electron chi connectivity index (χ1n) is 20.2. The van der Waals surface area contributed by atoms with E-state index in [0.29, 0.717) is 6.54 Å². The Bertz CT molecular complexity index is 2280. The van der Waals surface area contributed by atoms with Gasteiger partial charge in [0.2, 0.25) is 0 Å². The van der Waals surface area contributed by atoms with Crippen LogP contribution in [0.4, 0.5) is 10.5 Å². The zero-order valence-corrected chi connectivity index (χ0v) is 33.6. The molecule has 2 aliphatic heterocycles. The number of carbonyl (C=O) groups excluding carboxylic acids is 1. The first-order valence-corrected chi connectivity index (χ1v) is 20.2. The molecule has 0 saturated carbocycles. The number of amides is 1. The van der Waals surface area contributed by atoms with Gasteiger partial charge in [0.25, 0.3) is 0 Å². The van der Waals surface area contributed by atoms with Gasteiger partial charge in [-0.3, -0.25) is 0 Å². The molecule has 8 rings (SSSR count). The molecule has 2 unspecified atom stereocenters. The fraction of sp³-hybridized carbons (Fsp3) is 0.220. The van der Waals surface area contributed by atoms with Crippen LogP contribution in [0.25, 0.3) is 17.2 Å². The van der Waals surface area contributed by atoms with E-state index in [2.05, 4.69) is 132 Å². The minimum atomic E-state index is -1.00. The van der Waals surface area contributed by atoms with E-state index in [0.717, 1.165) is 51.8 Å². The molecule has 0 fully saturated rings. The van der Waals surface area contributed by atoms with Crippen molar-refractivity contribution in [3.8, 4) is 11.1 Å². The minimum Gasteiger partial charge on any atom is -0.442 e. The molecule has 0 bridgehead atoms. The van der Waals surface area contributed by atoms with Crippen molar-refractivity contribution in [2.75, 3.05) is 5.01 Å². The van der Waals surface area contributed by atoms with E-state index in [9.17, 15) is 4.79 Å². The topological polar surface area (TPSA) is 72.8 Å². The molecule has 292 valence electrons. The van der Waals surface area contributed by atoms with E-state index in [-0.39, 0.29) is 6.04 Å². The maximum atomic E-state index is 14.3. The average Bonchev–Trinajstić information content (AvgIpc) is 3.70. The van der Waals surface area contributed by atoms with Gasteiger partial charge in [0.05, 0.1) is 11.7 Å². The molecular weight excluding hydrogens is 717 g/mol.